The topological polar surface area (TPSA) is 84.0 Å². The summed E-state index contributed by atoms with van der Waals surface area (Å²) in [6.45, 7) is 2.90. The van der Waals surface area contributed by atoms with Crippen molar-refractivity contribution in [3.8, 4) is 0 Å². The predicted molar refractivity (Wildman–Crippen MR) is 79.2 cm³/mol. The van der Waals surface area contributed by atoms with Crippen LogP contribution in [0.4, 0.5) is 5.82 Å². The zero-order chi connectivity index (χ0) is 14.4. The van der Waals surface area contributed by atoms with E-state index in [0.717, 1.165) is 25.8 Å². The fraction of sp³-hybridized carbons (Fsp3) is 0.615. The van der Waals surface area contributed by atoms with Gasteiger partial charge in [0.25, 0.3) is 5.91 Å². The van der Waals surface area contributed by atoms with Gasteiger partial charge in [-0.3, -0.25) is 9.00 Å². The van der Waals surface area contributed by atoms with E-state index >= 15 is 0 Å². The van der Waals surface area contributed by atoms with E-state index in [-0.39, 0.29) is 11.9 Å². The maximum atomic E-state index is 12.0. The van der Waals surface area contributed by atoms with Gasteiger partial charge < -0.3 is 10.6 Å². The Kier molecular flexibility index (Phi) is 5.46. The Labute approximate surface area is 121 Å². The van der Waals surface area contributed by atoms with E-state index in [9.17, 15) is 9.00 Å². The van der Waals surface area contributed by atoms with Gasteiger partial charge in [0, 0.05) is 34.9 Å². The predicted octanol–water partition coefficient (Wildman–Crippen LogP) is 0.939. The average Bonchev–Trinajstić information content (AvgIpc) is 2.48. The summed E-state index contributed by atoms with van der Waals surface area (Å²) in [6.07, 6.45) is 2.54. The molecule has 0 atom stereocenters. The largest absolute Gasteiger partial charge is 0.369 e. The lowest BCUT2D eigenvalue weighted by atomic mass is 10.1. The standard InChI is InChI=1S/C13H20N4O2S/c1-2-7-14-12-4-3-11(16-17-12)13(18)15-10-5-8-20(19)9-6-10/h3-4,10H,2,5-9H2,1H3,(H,14,17)(H,15,18). The number of nitrogens with one attached hydrogen (secondary N) is 2. The van der Waals surface area contributed by atoms with Gasteiger partial charge in [-0.2, -0.15) is 0 Å². The zero-order valence-corrected chi connectivity index (χ0v) is 12.4. The van der Waals surface area contributed by atoms with Gasteiger partial charge in [0.15, 0.2) is 5.69 Å². The third-order valence-electron chi connectivity index (χ3n) is 3.18. The summed E-state index contributed by atoms with van der Waals surface area (Å²) in [6, 6.07) is 3.52. The molecule has 2 N–H and O–H groups in total. The van der Waals surface area contributed by atoms with E-state index in [1.807, 2.05) is 0 Å². The van der Waals surface area contributed by atoms with Crippen LogP contribution in [0.25, 0.3) is 0 Å². The van der Waals surface area contributed by atoms with Crippen LogP contribution in [-0.2, 0) is 10.8 Å². The molecule has 0 spiro atoms. The molecule has 2 heterocycles. The van der Waals surface area contributed by atoms with Gasteiger partial charge in [0.05, 0.1) is 0 Å². The second kappa shape index (κ2) is 7.33. The van der Waals surface area contributed by atoms with Crippen molar-refractivity contribution >= 4 is 22.5 Å². The minimum absolute atomic E-state index is 0.0971. The zero-order valence-electron chi connectivity index (χ0n) is 11.6. The van der Waals surface area contributed by atoms with E-state index in [4.69, 9.17) is 0 Å². The van der Waals surface area contributed by atoms with Crippen molar-refractivity contribution < 1.29 is 9.00 Å². The molecule has 20 heavy (non-hydrogen) atoms. The normalized spacial score (nSPS) is 22.2. The van der Waals surface area contributed by atoms with Crippen LogP contribution >= 0.6 is 0 Å². The molecule has 1 aromatic rings. The van der Waals surface area contributed by atoms with E-state index in [1.54, 1.807) is 12.1 Å². The number of rotatable bonds is 5. The van der Waals surface area contributed by atoms with Crippen LogP contribution in [0.1, 0.15) is 36.7 Å². The van der Waals surface area contributed by atoms with Gasteiger partial charge in [-0.15, -0.1) is 10.2 Å². The molecular weight excluding hydrogens is 276 g/mol. The van der Waals surface area contributed by atoms with Crippen LogP contribution in [0, 0.1) is 0 Å². The number of hydrogen-bond acceptors (Lipinski definition) is 5. The minimum atomic E-state index is -0.714. The number of anilines is 1. The van der Waals surface area contributed by atoms with Crippen molar-refractivity contribution in [2.75, 3.05) is 23.4 Å². The van der Waals surface area contributed by atoms with Gasteiger partial charge in [-0.05, 0) is 31.4 Å². The molecular formula is C13H20N4O2S. The van der Waals surface area contributed by atoms with Crippen LogP contribution in [0.5, 0.6) is 0 Å². The number of amides is 1. The lowest BCUT2D eigenvalue weighted by Crippen LogP contribution is -2.39. The molecule has 0 saturated carbocycles. The molecule has 110 valence electrons. The summed E-state index contributed by atoms with van der Waals surface area (Å²) in [5.41, 5.74) is 0.318. The van der Waals surface area contributed by atoms with E-state index in [2.05, 4.69) is 27.8 Å². The molecule has 0 radical (unpaired) electrons. The lowest BCUT2D eigenvalue weighted by molar-refractivity contribution is 0.0928. The summed E-state index contributed by atoms with van der Waals surface area (Å²) in [7, 11) is -0.714. The molecule has 1 aromatic heterocycles. The maximum absolute atomic E-state index is 12.0. The molecule has 0 bridgehead atoms. The fourth-order valence-corrected chi connectivity index (χ4v) is 3.30. The van der Waals surface area contributed by atoms with Gasteiger partial charge in [-0.25, -0.2) is 0 Å². The van der Waals surface area contributed by atoms with Crippen molar-refractivity contribution in [3.05, 3.63) is 17.8 Å². The van der Waals surface area contributed by atoms with Crippen LogP contribution in [0.3, 0.4) is 0 Å². The summed E-state index contributed by atoms with van der Waals surface area (Å²) in [4.78, 5) is 12.0. The number of hydrogen-bond donors (Lipinski definition) is 2. The monoisotopic (exact) mass is 296 g/mol. The Morgan fingerprint density at radius 3 is 2.70 bits per heavy atom. The maximum Gasteiger partial charge on any atom is 0.272 e. The second-order valence-electron chi connectivity index (χ2n) is 4.83. The molecule has 1 saturated heterocycles. The Morgan fingerprint density at radius 2 is 2.10 bits per heavy atom. The van der Waals surface area contributed by atoms with Gasteiger partial charge in [0.1, 0.15) is 5.82 Å². The molecule has 1 aliphatic rings. The molecule has 7 heteroatoms. The van der Waals surface area contributed by atoms with Crippen molar-refractivity contribution in [1.82, 2.24) is 15.5 Å². The van der Waals surface area contributed by atoms with Crippen molar-refractivity contribution in [3.63, 3.8) is 0 Å². The fourth-order valence-electron chi connectivity index (χ4n) is 2.00. The second-order valence-corrected chi connectivity index (χ2v) is 6.52. The molecule has 2 rings (SSSR count). The van der Waals surface area contributed by atoms with Crippen LogP contribution in [-0.4, -0.2) is 44.4 Å². The summed E-state index contributed by atoms with van der Waals surface area (Å²) >= 11 is 0. The van der Waals surface area contributed by atoms with Gasteiger partial charge in [-0.1, -0.05) is 6.92 Å². The molecule has 0 unspecified atom stereocenters. The Morgan fingerprint density at radius 1 is 1.35 bits per heavy atom. The quantitative estimate of drug-likeness (QED) is 0.845. The number of nitrogens with zero attached hydrogens (tertiary/aromatic N) is 2. The number of aromatic nitrogens is 2. The van der Waals surface area contributed by atoms with Gasteiger partial charge in [0.2, 0.25) is 0 Å². The highest BCUT2D eigenvalue weighted by molar-refractivity contribution is 7.85. The SMILES string of the molecule is CCCNc1ccc(C(=O)NC2CCS(=O)CC2)nn1. The average molecular weight is 296 g/mol. The molecule has 0 aliphatic carbocycles. The van der Waals surface area contributed by atoms with E-state index < -0.39 is 10.8 Å². The minimum Gasteiger partial charge on any atom is -0.369 e. The number of carbonyl (C=O) groups excluding carboxylic acids is 1. The first-order valence-electron chi connectivity index (χ1n) is 6.92. The van der Waals surface area contributed by atoms with Gasteiger partial charge >= 0.3 is 0 Å². The summed E-state index contributed by atoms with van der Waals surface area (Å²) in [5, 5.41) is 13.9. The smallest absolute Gasteiger partial charge is 0.272 e. The molecule has 1 amide bonds. The van der Waals surface area contributed by atoms with Crippen molar-refractivity contribution in [2.45, 2.75) is 32.2 Å². The first-order chi connectivity index (χ1) is 9.69. The molecule has 1 fully saturated rings. The van der Waals surface area contributed by atoms with E-state index in [1.165, 1.54) is 0 Å². The Balaban J connectivity index is 1.87. The first-order valence-corrected chi connectivity index (χ1v) is 8.41. The highest BCUT2D eigenvalue weighted by Gasteiger charge is 2.20. The van der Waals surface area contributed by atoms with Crippen LogP contribution in [0.15, 0.2) is 12.1 Å². The van der Waals surface area contributed by atoms with Crippen LogP contribution in [0.2, 0.25) is 0 Å². The van der Waals surface area contributed by atoms with Crippen molar-refractivity contribution in [2.24, 2.45) is 0 Å². The highest BCUT2D eigenvalue weighted by atomic mass is 32.2. The molecule has 1 aliphatic heterocycles. The van der Waals surface area contributed by atoms with E-state index in [0.29, 0.717) is 23.0 Å². The molecule has 6 nitrogen and oxygen atoms in total. The third kappa shape index (κ3) is 4.26. The summed E-state index contributed by atoms with van der Waals surface area (Å²) in [5.74, 6) is 1.79. The first kappa shape index (κ1) is 14.9. The molecule has 0 aromatic carbocycles. The van der Waals surface area contributed by atoms with Crippen molar-refractivity contribution in [1.29, 1.82) is 0 Å². The Bertz CT molecular complexity index is 468. The Hall–Kier alpha value is -1.50. The lowest BCUT2D eigenvalue weighted by Gasteiger charge is -2.22. The summed E-state index contributed by atoms with van der Waals surface area (Å²) < 4.78 is 11.3. The third-order valence-corrected chi connectivity index (χ3v) is 4.56. The van der Waals surface area contributed by atoms with Crippen LogP contribution < -0.4 is 10.6 Å². The highest BCUT2D eigenvalue weighted by Crippen LogP contribution is 2.10. The number of carbonyl (C=O) groups is 1.